The smallest absolute Gasteiger partial charge is 0.223 e. The van der Waals surface area contributed by atoms with Crippen molar-refractivity contribution >= 4 is 11.7 Å². The first-order chi connectivity index (χ1) is 11.7. The lowest BCUT2D eigenvalue weighted by molar-refractivity contribution is -0.127. The van der Waals surface area contributed by atoms with Crippen LogP contribution < -0.4 is 10.6 Å². The number of hydrogen-bond donors (Lipinski definition) is 2. The molecule has 2 N–H and O–H groups in total. The van der Waals surface area contributed by atoms with Crippen molar-refractivity contribution in [1.29, 1.82) is 0 Å². The molecule has 7 nitrogen and oxygen atoms in total. The number of anilines is 1. The average molecular weight is 329 g/mol. The second-order valence-corrected chi connectivity index (χ2v) is 5.85. The van der Waals surface area contributed by atoms with E-state index in [4.69, 9.17) is 4.74 Å². The number of carbonyl (C=O) groups excluding carboxylic acids is 1. The lowest BCUT2D eigenvalue weighted by Gasteiger charge is -2.21. The Bertz CT molecular complexity index is 666. The first kappa shape index (κ1) is 16.4. The van der Waals surface area contributed by atoms with Crippen LogP contribution in [-0.4, -0.2) is 46.7 Å². The van der Waals surface area contributed by atoms with Crippen LogP contribution in [0, 0.1) is 12.8 Å². The fourth-order valence-corrected chi connectivity index (χ4v) is 2.74. The fourth-order valence-electron chi connectivity index (χ4n) is 2.74. The standard InChI is InChI=1S/C17H23N5O2/c1-13-20-15(12-16(21-13)22-8-2-3-9-22)18-6-7-19-17(23)14-4-10-24-11-5-14/h2-3,8-9,12,14H,4-7,10-11H2,1H3,(H,19,23)(H,18,20,21). The summed E-state index contributed by atoms with van der Waals surface area (Å²) in [5.74, 6) is 2.48. The molecular weight excluding hydrogens is 306 g/mol. The Hall–Kier alpha value is -2.41. The molecule has 2 aromatic rings. The molecule has 1 saturated heterocycles. The summed E-state index contributed by atoms with van der Waals surface area (Å²) in [5, 5.41) is 6.22. The summed E-state index contributed by atoms with van der Waals surface area (Å²) in [6.45, 7) is 4.41. The minimum atomic E-state index is 0.0837. The van der Waals surface area contributed by atoms with E-state index in [2.05, 4.69) is 20.6 Å². The molecule has 1 aliphatic heterocycles. The Labute approximate surface area is 141 Å². The molecule has 0 saturated carbocycles. The van der Waals surface area contributed by atoms with Crippen LogP contribution in [-0.2, 0) is 9.53 Å². The van der Waals surface area contributed by atoms with Crippen LogP contribution >= 0.6 is 0 Å². The van der Waals surface area contributed by atoms with Gasteiger partial charge in [-0.15, -0.1) is 0 Å². The van der Waals surface area contributed by atoms with Gasteiger partial charge >= 0.3 is 0 Å². The number of ether oxygens (including phenoxy) is 1. The topological polar surface area (TPSA) is 81.1 Å². The third-order valence-corrected chi connectivity index (χ3v) is 4.02. The van der Waals surface area contributed by atoms with Crippen LogP contribution in [0.5, 0.6) is 0 Å². The summed E-state index contributed by atoms with van der Waals surface area (Å²) < 4.78 is 7.22. The molecule has 1 aliphatic rings. The molecule has 2 aromatic heterocycles. The number of amides is 1. The minimum Gasteiger partial charge on any atom is -0.381 e. The molecule has 0 aliphatic carbocycles. The summed E-state index contributed by atoms with van der Waals surface area (Å²) in [4.78, 5) is 20.9. The van der Waals surface area contributed by atoms with E-state index in [-0.39, 0.29) is 11.8 Å². The van der Waals surface area contributed by atoms with Gasteiger partial charge in [-0.05, 0) is 31.9 Å². The highest BCUT2D eigenvalue weighted by atomic mass is 16.5. The molecule has 7 heteroatoms. The molecule has 0 radical (unpaired) electrons. The third kappa shape index (κ3) is 4.32. The molecule has 1 fully saturated rings. The van der Waals surface area contributed by atoms with Crippen molar-refractivity contribution in [2.75, 3.05) is 31.6 Å². The molecule has 3 heterocycles. The summed E-state index contributed by atoms with van der Waals surface area (Å²) in [6.07, 6.45) is 5.51. The zero-order valence-corrected chi connectivity index (χ0v) is 13.9. The molecule has 128 valence electrons. The van der Waals surface area contributed by atoms with Crippen molar-refractivity contribution in [1.82, 2.24) is 19.9 Å². The molecule has 0 atom stereocenters. The summed E-state index contributed by atoms with van der Waals surface area (Å²) in [6, 6.07) is 5.81. The lowest BCUT2D eigenvalue weighted by atomic mass is 9.99. The van der Waals surface area contributed by atoms with Gasteiger partial charge in [0.25, 0.3) is 0 Å². The molecular formula is C17H23N5O2. The Morgan fingerprint density at radius 2 is 2.00 bits per heavy atom. The Kier molecular flexibility index (Phi) is 5.43. The number of rotatable bonds is 6. The van der Waals surface area contributed by atoms with Crippen molar-refractivity contribution in [3.63, 3.8) is 0 Å². The van der Waals surface area contributed by atoms with Crippen LogP contribution in [0.1, 0.15) is 18.7 Å². The lowest BCUT2D eigenvalue weighted by Crippen LogP contribution is -2.36. The molecule has 0 aromatic carbocycles. The maximum Gasteiger partial charge on any atom is 0.223 e. The second kappa shape index (κ2) is 7.92. The van der Waals surface area contributed by atoms with E-state index in [0.717, 1.165) is 24.5 Å². The van der Waals surface area contributed by atoms with E-state index in [0.29, 0.717) is 32.1 Å². The molecule has 24 heavy (non-hydrogen) atoms. The van der Waals surface area contributed by atoms with E-state index in [1.807, 2.05) is 42.1 Å². The average Bonchev–Trinajstić information content (AvgIpc) is 3.13. The van der Waals surface area contributed by atoms with E-state index >= 15 is 0 Å². The maximum atomic E-state index is 12.0. The van der Waals surface area contributed by atoms with Gasteiger partial charge in [0.2, 0.25) is 5.91 Å². The summed E-state index contributed by atoms with van der Waals surface area (Å²) in [5.41, 5.74) is 0. The van der Waals surface area contributed by atoms with E-state index in [9.17, 15) is 4.79 Å². The predicted molar refractivity (Wildman–Crippen MR) is 91.1 cm³/mol. The zero-order chi connectivity index (χ0) is 16.8. The number of aryl methyl sites for hydroxylation is 1. The van der Waals surface area contributed by atoms with Gasteiger partial charge in [0, 0.05) is 50.7 Å². The van der Waals surface area contributed by atoms with Crippen molar-refractivity contribution < 1.29 is 9.53 Å². The van der Waals surface area contributed by atoms with Crippen molar-refractivity contribution in [2.24, 2.45) is 5.92 Å². The molecule has 0 unspecified atom stereocenters. The highest BCUT2D eigenvalue weighted by Gasteiger charge is 2.20. The maximum absolute atomic E-state index is 12.0. The number of nitrogens with zero attached hydrogens (tertiary/aromatic N) is 3. The fraction of sp³-hybridized carbons (Fsp3) is 0.471. The molecule has 1 amide bonds. The summed E-state index contributed by atoms with van der Waals surface area (Å²) >= 11 is 0. The second-order valence-electron chi connectivity index (χ2n) is 5.85. The van der Waals surface area contributed by atoms with Crippen LogP contribution in [0.15, 0.2) is 30.6 Å². The van der Waals surface area contributed by atoms with Crippen LogP contribution in [0.2, 0.25) is 0 Å². The largest absolute Gasteiger partial charge is 0.381 e. The minimum absolute atomic E-state index is 0.0837. The number of nitrogens with one attached hydrogen (secondary N) is 2. The predicted octanol–water partition coefficient (Wildman–Crippen LogP) is 1.53. The number of hydrogen-bond acceptors (Lipinski definition) is 5. The van der Waals surface area contributed by atoms with Crippen LogP contribution in [0.3, 0.4) is 0 Å². The van der Waals surface area contributed by atoms with Gasteiger partial charge in [0.1, 0.15) is 17.5 Å². The van der Waals surface area contributed by atoms with Gasteiger partial charge in [0.15, 0.2) is 0 Å². The first-order valence-corrected chi connectivity index (χ1v) is 8.31. The SMILES string of the molecule is Cc1nc(NCCNC(=O)C2CCOCC2)cc(-n2cccc2)n1. The Morgan fingerprint density at radius 3 is 2.75 bits per heavy atom. The third-order valence-electron chi connectivity index (χ3n) is 4.02. The van der Waals surface area contributed by atoms with Crippen molar-refractivity contribution in [3.8, 4) is 5.82 Å². The monoisotopic (exact) mass is 329 g/mol. The molecule has 0 spiro atoms. The zero-order valence-electron chi connectivity index (χ0n) is 13.9. The van der Waals surface area contributed by atoms with E-state index in [1.165, 1.54) is 0 Å². The van der Waals surface area contributed by atoms with Gasteiger partial charge in [-0.3, -0.25) is 4.79 Å². The number of carbonyl (C=O) groups is 1. The van der Waals surface area contributed by atoms with Gasteiger partial charge in [0.05, 0.1) is 0 Å². The first-order valence-electron chi connectivity index (χ1n) is 8.31. The quantitative estimate of drug-likeness (QED) is 0.786. The van der Waals surface area contributed by atoms with Crippen LogP contribution in [0.4, 0.5) is 5.82 Å². The van der Waals surface area contributed by atoms with Gasteiger partial charge in [-0.1, -0.05) is 0 Å². The van der Waals surface area contributed by atoms with Crippen molar-refractivity contribution in [3.05, 3.63) is 36.4 Å². The van der Waals surface area contributed by atoms with Gasteiger partial charge < -0.3 is 19.9 Å². The normalized spacial score (nSPS) is 15.2. The van der Waals surface area contributed by atoms with Gasteiger partial charge in [-0.2, -0.15) is 0 Å². The van der Waals surface area contributed by atoms with Crippen LogP contribution in [0.25, 0.3) is 5.82 Å². The molecule has 0 bridgehead atoms. The molecule has 3 rings (SSSR count). The number of aromatic nitrogens is 3. The van der Waals surface area contributed by atoms with E-state index < -0.39 is 0 Å². The Morgan fingerprint density at radius 1 is 1.25 bits per heavy atom. The highest BCUT2D eigenvalue weighted by molar-refractivity contribution is 5.78. The van der Waals surface area contributed by atoms with E-state index in [1.54, 1.807) is 0 Å². The Balaban J connectivity index is 1.49. The van der Waals surface area contributed by atoms with Crippen molar-refractivity contribution in [2.45, 2.75) is 19.8 Å². The highest BCUT2D eigenvalue weighted by Crippen LogP contribution is 2.14. The van der Waals surface area contributed by atoms with Gasteiger partial charge in [-0.25, -0.2) is 9.97 Å². The summed E-state index contributed by atoms with van der Waals surface area (Å²) in [7, 11) is 0.